The summed E-state index contributed by atoms with van der Waals surface area (Å²) in [6.45, 7) is 1.40. The predicted molar refractivity (Wildman–Crippen MR) is 83.0 cm³/mol. The molecule has 0 atom stereocenters. The maximum Gasteiger partial charge on any atom is 0.272 e. The van der Waals surface area contributed by atoms with Gasteiger partial charge in [0, 0.05) is 28.6 Å². The van der Waals surface area contributed by atoms with Crippen molar-refractivity contribution in [3.63, 3.8) is 0 Å². The van der Waals surface area contributed by atoms with Gasteiger partial charge in [0.2, 0.25) is 0 Å². The van der Waals surface area contributed by atoms with Gasteiger partial charge in [-0.15, -0.1) is 5.10 Å². The highest BCUT2D eigenvalue weighted by atomic mass is 35.5. The Morgan fingerprint density at radius 3 is 2.95 bits per heavy atom. The fraction of sp³-hybridized carbons (Fsp3) is 0.267. The third-order valence-electron chi connectivity index (χ3n) is 3.39. The Kier molecular flexibility index (Phi) is 4.57. The van der Waals surface area contributed by atoms with E-state index in [0.717, 1.165) is 23.2 Å². The van der Waals surface area contributed by atoms with E-state index in [-0.39, 0.29) is 11.6 Å². The molecule has 0 unspecified atom stereocenters. The highest BCUT2D eigenvalue weighted by Crippen LogP contribution is 2.21. The summed E-state index contributed by atoms with van der Waals surface area (Å²) in [5, 5.41) is 11.9. The second kappa shape index (κ2) is 6.60. The van der Waals surface area contributed by atoms with Crippen LogP contribution in [0, 0.1) is 0 Å². The second-order valence-corrected chi connectivity index (χ2v) is 5.77. The molecular weight excluding hydrogens is 325 g/mol. The Balaban J connectivity index is 1.69. The van der Waals surface area contributed by atoms with Gasteiger partial charge in [-0.1, -0.05) is 29.3 Å². The first-order valence-corrected chi connectivity index (χ1v) is 7.54. The summed E-state index contributed by atoms with van der Waals surface area (Å²) in [6, 6.07) is 6.86. The summed E-state index contributed by atoms with van der Waals surface area (Å²) in [6.07, 6.45) is 0.727. The molecule has 2 aromatic rings. The lowest BCUT2D eigenvalue weighted by molar-refractivity contribution is 0.0940. The number of halogens is 2. The van der Waals surface area contributed by atoms with E-state index in [0.29, 0.717) is 29.8 Å². The van der Waals surface area contributed by atoms with Gasteiger partial charge in [-0.05, 0) is 23.8 Å². The fourth-order valence-electron chi connectivity index (χ4n) is 2.18. The molecule has 0 spiro atoms. The summed E-state index contributed by atoms with van der Waals surface area (Å²) in [5.74, 6) is -0.299. The Morgan fingerprint density at radius 2 is 2.14 bits per heavy atom. The monoisotopic (exact) mass is 337 g/mol. The molecule has 0 aliphatic carbocycles. The Morgan fingerprint density at radius 1 is 1.27 bits per heavy atom. The molecule has 1 amide bonds. The number of carbonyl (C=O) groups excluding carboxylic acids is 1. The van der Waals surface area contributed by atoms with Crippen LogP contribution in [0.1, 0.15) is 27.3 Å². The van der Waals surface area contributed by atoms with Crippen LogP contribution in [0.15, 0.2) is 24.3 Å². The Hall–Kier alpha value is -1.69. The van der Waals surface area contributed by atoms with Crippen molar-refractivity contribution in [2.75, 3.05) is 6.61 Å². The van der Waals surface area contributed by atoms with Crippen molar-refractivity contribution in [2.24, 2.45) is 0 Å². The molecule has 3 rings (SSSR count). The molecule has 7 heteroatoms. The maximum absolute atomic E-state index is 12.2. The van der Waals surface area contributed by atoms with Crippen molar-refractivity contribution in [3.8, 4) is 0 Å². The van der Waals surface area contributed by atoms with Crippen molar-refractivity contribution in [3.05, 3.63) is 56.8 Å². The molecule has 2 heterocycles. The summed E-state index contributed by atoms with van der Waals surface area (Å²) < 4.78 is 5.36. The molecule has 0 fully saturated rings. The molecule has 1 aromatic carbocycles. The van der Waals surface area contributed by atoms with Crippen LogP contribution in [-0.2, 0) is 24.3 Å². The van der Waals surface area contributed by atoms with E-state index in [1.54, 1.807) is 24.3 Å². The van der Waals surface area contributed by atoms with Gasteiger partial charge in [-0.3, -0.25) is 4.79 Å². The van der Waals surface area contributed by atoms with Gasteiger partial charge in [-0.2, -0.15) is 5.10 Å². The van der Waals surface area contributed by atoms with Gasteiger partial charge in [0.05, 0.1) is 18.9 Å². The number of amides is 1. The van der Waals surface area contributed by atoms with E-state index in [2.05, 4.69) is 15.5 Å². The van der Waals surface area contributed by atoms with Crippen molar-refractivity contribution in [2.45, 2.75) is 19.6 Å². The average Bonchev–Trinajstić information content (AvgIpc) is 2.53. The smallest absolute Gasteiger partial charge is 0.272 e. The number of hydrogen-bond acceptors (Lipinski definition) is 4. The van der Waals surface area contributed by atoms with Crippen LogP contribution in [0.2, 0.25) is 10.0 Å². The van der Waals surface area contributed by atoms with Gasteiger partial charge in [-0.25, -0.2) is 0 Å². The number of nitrogens with zero attached hydrogens (tertiary/aromatic N) is 2. The van der Waals surface area contributed by atoms with Gasteiger partial charge in [0.25, 0.3) is 5.91 Å². The predicted octanol–water partition coefficient (Wildman–Crippen LogP) is 2.79. The van der Waals surface area contributed by atoms with E-state index in [9.17, 15) is 4.79 Å². The van der Waals surface area contributed by atoms with Crippen LogP contribution in [0.25, 0.3) is 0 Å². The SMILES string of the molecule is O=C(NCc1ccc(Cl)cc1Cl)c1cc2c(nn1)CCOC2. The number of ether oxygens (including phenoxy) is 1. The first-order chi connectivity index (χ1) is 10.6. The number of nitrogens with one attached hydrogen (secondary N) is 1. The van der Waals surface area contributed by atoms with Crippen molar-refractivity contribution in [1.82, 2.24) is 15.5 Å². The molecule has 0 saturated carbocycles. The lowest BCUT2D eigenvalue weighted by Gasteiger charge is -2.15. The number of rotatable bonds is 3. The molecule has 0 bridgehead atoms. The summed E-state index contributed by atoms with van der Waals surface area (Å²) in [4.78, 5) is 12.2. The fourth-order valence-corrected chi connectivity index (χ4v) is 2.66. The minimum absolute atomic E-state index is 0.273. The second-order valence-electron chi connectivity index (χ2n) is 4.92. The zero-order chi connectivity index (χ0) is 15.5. The van der Waals surface area contributed by atoms with Crippen LogP contribution in [-0.4, -0.2) is 22.7 Å². The third-order valence-corrected chi connectivity index (χ3v) is 3.97. The summed E-state index contributed by atoms with van der Waals surface area (Å²) >= 11 is 11.9. The minimum atomic E-state index is -0.299. The van der Waals surface area contributed by atoms with E-state index < -0.39 is 0 Å². The van der Waals surface area contributed by atoms with Crippen LogP contribution in [0.4, 0.5) is 0 Å². The topological polar surface area (TPSA) is 64.1 Å². The number of fused-ring (bicyclic) bond motifs is 1. The highest BCUT2D eigenvalue weighted by Gasteiger charge is 2.16. The molecule has 1 aliphatic rings. The highest BCUT2D eigenvalue weighted by molar-refractivity contribution is 6.35. The minimum Gasteiger partial charge on any atom is -0.376 e. The average molecular weight is 338 g/mol. The number of hydrogen-bond donors (Lipinski definition) is 1. The Bertz CT molecular complexity index is 722. The third kappa shape index (κ3) is 3.38. The van der Waals surface area contributed by atoms with Crippen LogP contribution >= 0.6 is 23.2 Å². The van der Waals surface area contributed by atoms with Gasteiger partial charge < -0.3 is 10.1 Å². The molecule has 114 valence electrons. The van der Waals surface area contributed by atoms with Crippen LogP contribution in [0.3, 0.4) is 0 Å². The normalized spacial score (nSPS) is 13.5. The van der Waals surface area contributed by atoms with E-state index in [4.69, 9.17) is 27.9 Å². The first-order valence-electron chi connectivity index (χ1n) is 6.79. The molecule has 22 heavy (non-hydrogen) atoms. The standard InChI is InChI=1S/C15H13Cl2N3O2/c16-11-2-1-9(12(17)6-11)7-18-15(21)14-5-10-8-22-4-3-13(10)19-20-14/h1-2,5-6H,3-4,7-8H2,(H,18,21). The zero-order valence-electron chi connectivity index (χ0n) is 11.6. The zero-order valence-corrected chi connectivity index (χ0v) is 13.1. The molecule has 1 N–H and O–H groups in total. The molecule has 1 aromatic heterocycles. The molecule has 0 radical (unpaired) electrons. The Labute approximate surface area is 137 Å². The number of aromatic nitrogens is 2. The van der Waals surface area contributed by atoms with Crippen molar-refractivity contribution < 1.29 is 9.53 Å². The quantitative estimate of drug-likeness (QED) is 0.935. The van der Waals surface area contributed by atoms with Crippen molar-refractivity contribution >= 4 is 29.1 Å². The summed E-state index contributed by atoms with van der Waals surface area (Å²) in [5.41, 5.74) is 2.86. The molecule has 1 aliphatic heterocycles. The van der Waals surface area contributed by atoms with Crippen molar-refractivity contribution in [1.29, 1.82) is 0 Å². The maximum atomic E-state index is 12.2. The first kappa shape index (κ1) is 15.2. The number of carbonyl (C=O) groups is 1. The van der Waals surface area contributed by atoms with E-state index in [1.807, 2.05) is 0 Å². The van der Waals surface area contributed by atoms with E-state index >= 15 is 0 Å². The lowest BCUT2D eigenvalue weighted by atomic mass is 10.1. The van der Waals surface area contributed by atoms with Gasteiger partial charge in [0.1, 0.15) is 0 Å². The molecule has 5 nitrogen and oxygen atoms in total. The largest absolute Gasteiger partial charge is 0.376 e. The molecular formula is C15H13Cl2N3O2. The van der Waals surface area contributed by atoms with E-state index in [1.165, 1.54) is 0 Å². The number of benzene rings is 1. The summed E-state index contributed by atoms with van der Waals surface area (Å²) in [7, 11) is 0. The van der Waals surface area contributed by atoms with Crippen LogP contribution < -0.4 is 5.32 Å². The lowest BCUT2D eigenvalue weighted by Crippen LogP contribution is -2.25. The molecule has 0 saturated heterocycles. The van der Waals surface area contributed by atoms with Gasteiger partial charge in [0.15, 0.2) is 5.69 Å². The van der Waals surface area contributed by atoms with Crippen LogP contribution in [0.5, 0.6) is 0 Å². The van der Waals surface area contributed by atoms with Gasteiger partial charge >= 0.3 is 0 Å².